The van der Waals surface area contributed by atoms with E-state index in [0.29, 0.717) is 50.8 Å². The van der Waals surface area contributed by atoms with Crippen molar-refractivity contribution in [2.75, 3.05) is 13.3 Å². The summed E-state index contributed by atoms with van der Waals surface area (Å²) < 4.78 is 23.7. The molecule has 0 spiro atoms. The van der Waals surface area contributed by atoms with Gasteiger partial charge in [0.15, 0.2) is 0 Å². The number of carbonyl (C=O) groups is 1. The molecule has 0 saturated heterocycles. The third kappa shape index (κ3) is 5.01. The van der Waals surface area contributed by atoms with E-state index in [0.717, 1.165) is 12.8 Å². The summed E-state index contributed by atoms with van der Waals surface area (Å²) in [6, 6.07) is 9.88. The summed E-state index contributed by atoms with van der Waals surface area (Å²) in [6.45, 7) is 0. The monoisotopic (exact) mass is 460 g/mol. The zero-order valence-electron chi connectivity index (χ0n) is 16.9. The molecule has 1 aliphatic rings. The van der Waals surface area contributed by atoms with Gasteiger partial charge in [-0.15, -0.1) is 0 Å². The number of pyridine rings is 1. The number of aromatic nitrogens is 1. The second kappa shape index (κ2) is 8.50. The Kier molecular flexibility index (Phi) is 5.93. The molecular formula is C22H22ClN2O5P. The maximum atomic E-state index is 12.5. The molecule has 1 saturated carbocycles. The summed E-state index contributed by atoms with van der Waals surface area (Å²) >= 11 is 6.38. The number of nitrogens with two attached hydrogens (primary N) is 1. The zero-order chi connectivity index (χ0) is 22.2. The lowest BCUT2D eigenvalue weighted by Gasteiger charge is -2.14. The Morgan fingerprint density at radius 3 is 2.68 bits per heavy atom. The van der Waals surface area contributed by atoms with E-state index in [1.54, 1.807) is 42.6 Å². The van der Waals surface area contributed by atoms with Crippen molar-refractivity contribution < 1.29 is 23.7 Å². The number of rotatable bonds is 8. The Morgan fingerprint density at radius 1 is 1.26 bits per heavy atom. The minimum absolute atomic E-state index is 0.0442. The van der Waals surface area contributed by atoms with Crippen molar-refractivity contribution in [2.45, 2.75) is 19.0 Å². The van der Waals surface area contributed by atoms with Crippen LogP contribution in [0.1, 0.15) is 28.8 Å². The first-order valence-electron chi connectivity index (χ1n) is 9.79. The zero-order valence-corrected chi connectivity index (χ0v) is 18.5. The molecule has 3 N–H and O–H groups in total. The van der Waals surface area contributed by atoms with Crippen LogP contribution in [0, 0.1) is 5.92 Å². The lowest BCUT2D eigenvalue weighted by atomic mass is 10.1. The summed E-state index contributed by atoms with van der Waals surface area (Å²) in [6.07, 6.45) is 4.01. The largest absolute Gasteiger partial charge is 0.496 e. The van der Waals surface area contributed by atoms with Crippen molar-refractivity contribution in [2.24, 2.45) is 11.7 Å². The second-order valence-corrected chi connectivity index (χ2v) is 10.5. The summed E-state index contributed by atoms with van der Waals surface area (Å²) in [4.78, 5) is 26.3. The Hall–Kier alpha value is -2.60. The Morgan fingerprint density at radius 2 is 2.03 bits per heavy atom. The van der Waals surface area contributed by atoms with Gasteiger partial charge in [0.1, 0.15) is 17.2 Å². The molecule has 1 aliphatic carbocycles. The first kappa shape index (κ1) is 21.6. The highest BCUT2D eigenvalue weighted by Crippen LogP contribution is 2.52. The highest BCUT2D eigenvalue weighted by atomic mass is 35.5. The number of fused-ring (bicyclic) bond motifs is 1. The highest BCUT2D eigenvalue weighted by molar-refractivity contribution is 7.57. The fraction of sp³-hybridized carbons (Fsp3) is 0.273. The van der Waals surface area contributed by atoms with Crippen LogP contribution < -0.4 is 15.2 Å². The minimum Gasteiger partial charge on any atom is -0.496 e. The van der Waals surface area contributed by atoms with Crippen LogP contribution in [0.15, 0.2) is 42.6 Å². The van der Waals surface area contributed by atoms with E-state index in [4.69, 9.17) is 26.8 Å². The predicted molar refractivity (Wildman–Crippen MR) is 119 cm³/mol. The molecule has 0 aliphatic heterocycles. The summed E-state index contributed by atoms with van der Waals surface area (Å²) in [7, 11) is -1.81. The number of hydrogen-bond donors (Lipinski definition) is 2. The highest BCUT2D eigenvalue weighted by Gasteiger charge is 2.31. The summed E-state index contributed by atoms with van der Waals surface area (Å²) in [5.41, 5.74) is 6.87. The molecule has 1 aromatic heterocycles. The molecular weight excluding hydrogens is 439 g/mol. The van der Waals surface area contributed by atoms with Crippen molar-refractivity contribution in [3.05, 3.63) is 58.7 Å². The SMILES string of the molecule is COc1cc2nccc(Oc3ccc(CP(=O)(O)CC4CC4)c(Cl)c3)c2cc1C(N)=O. The Balaban J connectivity index is 1.61. The number of benzene rings is 2. The van der Waals surface area contributed by atoms with Crippen molar-refractivity contribution >= 4 is 35.8 Å². The number of nitrogens with zero attached hydrogens (tertiary/aromatic N) is 1. The predicted octanol–water partition coefficient (Wildman–Crippen LogP) is 4.97. The molecule has 4 rings (SSSR count). The van der Waals surface area contributed by atoms with Gasteiger partial charge in [0.25, 0.3) is 5.91 Å². The van der Waals surface area contributed by atoms with Crippen LogP contribution in [0.4, 0.5) is 0 Å². The molecule has 3 aromatic rings. The maximum Gasteiger partial charge on any atom is 0.252 e. The smallest absolute Gasteiger partial charge is 0.252 e. The molecule has 9 heteroatoms. The normalized spacial score (nSPS) is 15.5. The Bertz CT molecular complexity index is 1210. The number of ether oxygens (including phenoxy) is 2. The van der Waals surface area contributed by atoms with Crippen LogP contribution in [-0.2, 0) is 10.7 Å². The van der Waals surface area contributed by atoms with Gasteiger partial charge < -0.3 is 20.1 Å². The number of halogens is 1. The van der Waals surface area contributed by atoms with Gasteiger partial charge in [-0.25, -0.2) is 0 Å². The first-order valence-corrected chi connectivity index (χ1v) is 12.2. The van der Waals surface area contributed by atoms with Crippen molar-refractivity contribution in [3.63, 3.8) is 0 Å². The van der Waals surface area contributed by atoms with Crippen LogP contribution in [0.5, 0.6) is 17.2 Å². The van der Waals surface area contributed by atoms with Gasteiger partial charge in [-0.05, 0) is 48.6 Å². The van der Waals surface area contributed by atoms with Crippen LogP contribution in [0.25, 0.3) is 10.9 Å². The van der Waals surface area contributed by atoms with Crippen molar-refractivity contribution in [1.29, 1.82) is 0 Å². The second-order valence-electron chi connectivity index (χ2n) is 7.73. The molecule has 1 unspecified atom stereocenters. The number of methoxy groups -OCH3 is 1. The number of hydrogen-bond acceptors (Lipinski definition) is 5. The molecule has 162 valence electrons. The van der Waals surface area contributed by atoms with Gasteiger partial charge in [-0.1, -0.05) is 17.7 Å². The topological polar surface area (TPSA) is 112 Å². The van der Waals surface area contributed by atoms with Crippen LogP contribution in [0.2, 0.25) is 5.02 Å². The molecule has 31 heavy (non-hydrogen) atoms. The first-order chi connectivity index (χ1) is 14.8. The fourth-order valence-corrected chi connectivity index (χ4v) is 5.92. The van der Waals surface area contributed by atoms with E-state index in [9.17, 15) is 14.3 Å². The number of primary amides is 1. The standard InChI is InChI=1S/C22H22ClN2O5P/c1-29-21-10-19-16(9-17(21)22(24)26)20(6-7-25-19)30-15-5-4-14(18(23)8-15)12-31(27,28)11-13-2-3-13/h4-10,13H,2-3,11-12H2,1H3,(H2,24,26)(H,27,28). The summed E-state index contributed by atoms with van der Waals surface area (Å²) in [5.74, 6) is 0.978. The molecule has 1 fully saturated rings. The molecule has 1 heterocycles. The molecule has 1 atom stereocenters. The van der Waals surface area contributed by atoms with E-state index in [-0.39, 0.29) is 11.7 Å². The Labute approximate surface area is 184 Å². The molecule has 1 amide bonds. The van der Waals surface area contributed by atoms with Gasteiger partial charge in [0.2, 0.25) is 7.37 Å². The van der Waals surface area contributed by atoms with E-state index in [2.05, 4.69) is 4.98 Å². The summed E-state index contributed by atoms with van der Waals surface area (Å²) in [5, 5.41) is 0.946. The third-order valence-corrected chi connectivity index (χ3v) is 7.47. The van der Waals surface area contributed by atoms with Gasteiger partial charge in [0.05, 0.1) is 24.4 Å². The third-order valence-electron chi connectivity index (χ3n) is 5.20. The lowest BCUT2D eigenvalue weighted by Crippen LogP contribution is -2.12. The molecule has 2 aromatic carbocycles. The van der Waals surface area contributed by atoms with E-state index < -0.39 is 13.3 Å². The van der Waals surface area contributed by atoms with Crippen LogP contribution in [0.3, 0.4) is 0 Å². The minimum atomic E-state index is -3.26. The van der Waals surface area contributed by atoms with Crippen LogP contribution in [-0.4, -0.2) is 29.1 Å². The molecule has 7 nitrogen and oxygen atoms in total. The van der Waals surface area contributed by atoms with E-state index >= 15 is 0 Å². The lowest BCUT2D eigenvalue weighted by molar-refractivity contribution is 0.0997. The quantitative estimate of drug-likeness (QED) is 0.459. The number of amides is 1. The van der Waals surface area contributed by atoms with Crippen molar-refractivity contribution in [3.8, 4) is 17.2 Å². The molecule has 0 bridgehead atoms. The van der Waals surface area contributed by atoms with Gasteiger partial charge >= 0.3 is 0 Å². The van der Waals surface area contributed by atoms with Crippen LogP contribution >= 0.6 is 19.0 Å². The van der Waals surface area contributed by atoms with Crippen molar-refractivity contribution in [1.82, 2.24) is 4.98 Å². The van der Waals surface area contributed by atoms with Gasteiger partial charge in [-0.2, -0.15) is 0 Å². The van der Waals surface area contributed by atoms with E-state index in [1.165, 1.54) is 7.11 Å². The van der Waals surface area contributed by atoms with Gasteiger partial charge in [-0.3, -0.25) is 14.3 Å². The average Bonchev–Trinajstić information content (AvgIpc) is 3.52. The maximum absolute atomic E-state index is 12.5. The van der Waals surface area contributed by atoms with E-state index in [1.807, 2.05) is 0 Å². The average molecular weight is 461 g/mol. The van der Waals surface area contributed by atoms with Gasteiger partial charge in [0, 0.05) is 28.8 Å². The molecule has 0 radical (unpaired) electrons. The number of carbonyl (C=O) groups excluding carboxylic acids is 1. The fourth-order valence-electron chi connectivity index (χ4n) is 3.48.